The van der Waals surface area contributed by atoms with Crippen LogP contribution in [0.15, 0.2) is 42.5 Å². The van der Waals surface area contributed by atoms with Gasteiger partial charge in [0.15, 0.2) is 17.6 Å². The standard InChI is InChI=1S/C21H26ClNO4/c1-4-17(27-18-10-8-7-9-16(18)22)21(24)23-14-15-11-12-19(25-5-2)20(13-15)26-6-3/h7-13,17H,4-6,14H2,1-3H3,(H,23,24)/t17-/m1/s1. The number of halogens is 1. The van der Waals surface area contributed by atoms with Crippen LogP contribution in [0.25, 0.3) is 0 Å². The molecule has 0 aliphatic rings. The maximum absolute atomic E-state index is 12.5. The average molecular weight is 392 g/mol. The van der Waals surface area contributed by atoms with Crippen LogP contribution in [0.1, 0.15) is 32.8 Å². The van der Waals surface area contributed by atoms with Crippen LogP contribution in [0.5, 0.6) is 17.2 Å². The Hall–Kier alpha value is -2.40. The Morgan fingerprint density at radius 2 is 1.70 bits per heavy atom. The van der Waals surface area contributed by atoms with Crippen LogP contribution in [0, 0.1) is 0 Å². The average Bonchev–Trinajstić information content (AvgIpc) is 2.67. The van der Waals surface area contributed by atoms with Gasteiger partial charge in [0.25, 0.3) is 5.91 Å². The van der Waals surface area contributed by atoms with Crippen LogP contribution in [0.4, 0.5) is 0 Å². The number of ether oxygens (including phenoxy) is 3. The second kappa shape index (κ2) is 10.7. The summed E-state index contributed by atoms with van der Waals surface area (Å²) in [6, 6.07) is 12.8. The Balaban J connectivity index is 2.00. The Morgan fingerprint density at radius 1 is 1.00 bits per heavy atom. The van der Waals surface area contributed by atoms with Gasteiger partial charge in [0.05, 0.1) is 18.2 Å². The number of carbonyl (C=O) groups is 1. The van der Waals surface area contributed by atoms with Gasteiger partial charge in [-0.05, 0) is 50.1 Å². The first-order valence-electron chi connectivity index (χ1n) is 9.16. The number of rotatable bonds is 10. The van der Waals surface area contributed by atoms with E-state index in [0.29, 0.717) is 48.5 Å². The molecule has 1 amide bonds. The molecule has 146 valence electrons. The molecule has 0 fully saturated rings. The van der Waals surface area contributed by atoms with Crippen molar-refractivity contribution in [3.05, 3.63) is 53.1 Å². The minimum atomic E-state index is -0.612. The predicted molar refractivity (Wildman–Crippen MR) is 107 cm³/mol. The smallest absolute Gasteiger partial charge is 0.261 e. The van der Waals surface area contributed by atoms with Crippen LogP contribution in [0.3, 0.4) is 0 Å². The summed E-state index contributed by atoms with van der Waals surface area (Å²) in [7, 11) is 0. The lowest BCUT2D eigenvalue weighted by molar-refractivity contribution is -0.128. The van der Waals surface area contributed by atoms with Crippen LogP contribution >= 0.6 is 11.6 Å². The molecule has 0 aromatic heterocycles. The first-order chi connectivity index (χ1) is 13.1. The molecule has 27 heavy (non-hydrogen) atoms. The maximum Gasteiger partial charge on any atom is 0.261 e. The van der Waals surface area contributed by atoms with Crippen LogP contribution in [-0.2, 0) is 11.3 Å². The Kier molecular flexibility index (Phi) is 8.27. The molecule has 0 heterocycles. The fraction of sp³-hybridized carbons (Fsp3) is 0.381. The summed E-state index contributed by atoms with van der Waals surface area (Å²) in [4.78, 5) is 12.5. The first kappa shape index (κ1) is 20.9. The van der Waals surface area contributed by atoms with Gasteiger partial charge < -0.3 is 19.5 Å². The van der Waals surface area contributed by atoms with E-state index >= 15 is 0 Å². The molecule has 2 rings (SSSR count). The summed E-state index contributed by atoms with van der Waals surface area (Å²) < 4.78 is 16.9. The first-order valence-corrected chi connectivity index (χ1v) is 9.54. The van der Waals surface area contributed by atoms with E-state index in [0.717, 1.165) is 5.56 Å². The third kappa shape index (κ3) is 6.07. The fourth-order valence-electron chi connectivity index (χ4n) is 2.52. The largest absolute Gasteiger partial charge is 0.490 e. The number of nitrogens with one attached hydrogen (secondary N) is 1. The van der Waals surface area contributed by atoms with Gasteiger partial charge in [-0.3, -0.25) is 4.79 Å². The molecule has 0 spiro atoms. The van der Waals surface area contributed by atoms with E-state index in [4.69, 9.17) is 25.8 Å². The van der Waals surface area contributed by atoms with E-state index in [9.17, 15) is 4.79 Å². The molecule has 0 saturated heterocycles. The van der Waals surface area contributed by atoms with E-state index in [1.807, 2.05) is 51.1 Å². The molecule has 0 unspecified atom stereocenters. The highest BCUT2D eigenvalue weighted by molar-refractivity contribution is 6.32. The van der Waals surface area contributed by atoms with Gasteiger partial charge in [-0.25, -0.2) is 0 Å². The summed E-state index contributed by atoms with van der Waals surface area (Å²) in [5.41, 5.74) is 0.919. The number of carbonyl (C=O) groups excluding carboxylic acids is 1. The van der Waals surface area contributed by atoms with Gasteiger partial charge in [-0.15, -0.1) is 0 Å². The number of amides is 1. The maximum atomic E-state index is 12.5. The van der Waals surface area contributed by atoms with Crippen LogP contribution < -0.4 is 19.5 Å². The zero-order valence-corrected chi connectivity index (χ0v) is 16.7. The highest BCUT2D eigenvalue weighted by atomic mass is 35.5. The molecule has 6 heteroatoms. The highest BCUT2D eigenvalue weighted by Gasteiger charge is 2.19. The number of hydrogen-bond donors (Lipinski definition) is 1. The molecule has 0 saturated carbocycles. The molecular weight excluding hydrogens is 366 g/mol. The highest BCUT2D eigenvalue weighted by Crippen LogP contribution is 2.28. The van der Waals surface area contributed by atoms with Crippen molar-refractivity contribution < 1.29 is 19.0 Å². The number of benzene rings is 2. The third-order valence-corrected chi connectivity index (χ3v) is 4.16. The van der Waals surface area contributed by atoms with E-state index in [1.54, 1.807) is 12.1 Å². The normalized spacial score (nSPS) is 11.6. The van der Waals surface area contributed by atoms with Crippen LogP contribution in [-0.4, -0.2) is 25.2 Å². The van der Waals surface area contributed by atoms with Crippen molar-refractivity contribution in [1.29, 1.82) is 0 Å². The van der Waals surface area contributed by atoms with Crippen molar-refractivity contribution in [2.24, 2.45) is 0 Å². The van der Waals surface area contributed by atoms with Crippen molar-refractivity contribution in [2.75, 3.05) is 13.2 Å². The lowest BCUT2D eigenvalue weighted by Gasteiger charge is -2.18. The summed E-state index contributed by atoms with van der Waals surface area (Å²) in [5, 5.41) is 3.39. The Bertz CT molecular complexity index is 751. The van der Waals surface area contributed by atoms with Gasteiger partial charge in [0.2, 0.25) is 0 Å². The molecule has 5 nitrogen and oxygen atoms in total. The topological polar surface area (TPSA) is 56.8 Å². The van der Waals surface area contributed by atoms with Gasteiger partial charge >= 0.3 is 0 Å². The second-order valence-electron chi connectivity index (χ2n) is 5.81. The van der Waals surface area contributed by atoms with E-state index in [1.165, 1.54) is 0 Å². The third-order valence-electron chi connectivity index (χ3n) is 3.84. The molecule has 1 N–H and O–H groups in total. The summed E-state index contributed by atoms with van der Waals surface area (Å²) in [6.45, 7) is 7.21. The monoisotopic (exact) mass is 391 g/mol. The quantitative estimate of drug-likeness (QED) is 0.642. The molecule has 2 aromatic carbocycles. The van der Waals surface area contributed by atoms with Gasteiger partial charge in [-0.1, -0.05) is 36.7 Å². The van der Waals surface area contributed by atoms with Crippen molar-refractivity contribution in [2.45, 2.75) is 39.8 Å². The minimum Gasteiger partial charge on any atom is -0.490 e. The Morgan fingerprint density at radius 3 is 2.37 bits per heavy atom. The minimum absolute atomic E-state index is 0.190. The van der Waals surface area contributed by atoms with E-state index in [-0.39, 0.29) is 5.91 Å². The summed E-state index contributed by atoms with van der Waals surface area (Å²) >= 11 is 6.11. The van der Waals surface area contributed by atoms with Crippen molar-refractivity contribution >= 4 is 17.5 Å². The molecule has 0 bridgehead atoms. The summed E-state index contributed by atoms with van der Waals surface area (Å²) in [6.07, 6.45) is -0.0798. The number of para-hydroxylation sites is 1. The zero-order chi connectivity index (χ0) is 19.6. The second-order valence-corrected chi connectivity index (χ2v) is 6.22. The van der Waals surface area contributed by atoms with Gasteiger partial charge in [0.1, 0.15) is 5.75 Å². The molecule has 2 aromatic rings. The lowest BCUT2D eigenvalue weighted by atomic mass is 10.2. The van der Waals surface area contributed by atoms with Crippen LogP contribution in [0.2, 0.25) is 5.02 Å². The number of hydrogen-bond acceptors (Lipinski definition) is 4. The predicted octanol–water partition coefficient (Wildman–Crippen LogP) is 4.61. The van der Waals surface area contributed by atoms with Crippen molar-refractivity contribution in [1.82, 2.24) is 5.32 Å². The SMILES string of the molecule is CCOc1ccc(CNC(=O)[C@@H](CC)Oc2ccccc2Cl)cc1OCC. The molecule has 0 aliphatic heterocycles. The zero-order valence-electron chi connectivity index (χ0n) is 16.0. The van der Waals surface area contributed by atoms with E-state index in [2.05, 4.69) is 5.32 Å². The molecule has 0 aliphatic carbocycles. The van der Waals surface area contributed by atoms with Crippen molar-refractivity contribution in [3.8, 4) is 17.2 Å². The Labute approximate surface area is 165 Å². The molecule has 1 atom stereocenters. The fourth-order valence-corrected chi connectivity index (χ4v) is 2.70. The van der Waals surface area contributed by atoms with E-state index < -0.39 is 6.10 Å². The molecular formula is C21H26ClNO4. The molecule has 0 radical (unpaired) electrons. The van der Waals surface area contributed by atoms with Gasteiger partial charge in [-0.2, -0.15) is 0 Å². The van der Waals surface area contributed by atoms with Crippen molar-refractivity contribution in [3.63, 3.8) is 0 Å². The van der Waals surface area contributed by atoms with Gasteiger partial charge in [0, 0.05) is 6.54 Å². The lowest BCUT2D eigenvalue weighted by Crippen LogP contribution is -2.37. The summed E-state index contributed by atoms with van der Waals surface area (Å²) in [5.74, 6) is 1.68.